The maximum absolute atomic E-state index is 11.0. The van der Waals surface area contributed by atoms with Gasteiger partial charge in [0.2, 0.25) is 5.91 Å². The number of rotatable bonds is 4. The number of alkyl halides is 1. The second-order valence-corrected chi connectivity index (χ2v) is 3.02. The fourth-order valence-electron chi connectivity index (χ4n) is 1.11. The highest BCUT2D eigenvalue weighted by molar-refractivity contribution is 6.29. The van der Waals surface area contributed by atoms with Crippen molar-refractivity contribution in [1.29, 1.82) is 0 Å². The highest BCUT2D eigenvalue weighted by Gasteiger charge is 2.06. The molecule has 0 fully saturated rings. The molecule has 0 atom stereocenters. The lowest BCUT2D eigenvalue weighted by Crippen LogP contribution is -2.12. The first-order chi connectivity index (χ1) is 7.21. The zero-order valence-electron chi connectivity index (χ0n) is 8.54. The van der Waals surface area contributed by atoms with Gasteiger partial charge in [0.25, 0.3) is 0 Å². The molecule has 1 N–H and O–H groups in total. The lowest BCUT2D eigenvalue weighted by molar-refractivity contribution is -0.113. The number of anilines is 1. The summed E-state index contributed by atoms with van der Waals surface area (Å²) in [5.41, 5.74) is 0.623. The van der Waals surface area contributed by atoms with E-state index in [2.05, 4.69) is 5.32 Å². The highest BCUT2D eigenvalue weighted by Crippen LogP contribution is 2.29. The van der Waals surface area contributed by atoms with Gasteiger partial charge in [-0.1, -0.05) is 0 Å². The summed E-state index contributed by atoms with van der Waals surface area (Å²) in [4.78, 5) is 11.0. The summed E-state index contributed by atoms with van der Waals surface area (Å²) in [5.74, 6) is 0.837. The number of halogens is 1. The fourth-order valence-corrected chi connectivity index (χ4v) is 1.18. The van der Waals surface area contributed by atoms with Crippen molar-refractivity contribution in [2.75, 3.05) is 25.4 Å². The third kappa shape index (κ3) is 3.02. The van der Waals surface area contributed by atoms with Crippen molar-refractivity contribution in [2.24, 2.45) is 0 Å². The average molecular weight is 230 g/mol. The molecule has 1 amide bonds. The number of nitrogens with one attached hydrogen (secondary N) is 1. The van der Waals surface area contributed by atoms with Crippen LogP contribution in [0.1, 0.15) is 0 Å². The van der Waals surface area contributed by atoms with Gasteiger partial charge in [-0.2, -0.15) is 0 Å². The summed E-state index contributed by atoms with van der Waals surface area (Å²) in [6.07, 6.45) is 0. The predicted octanol–water partition coefficient (Wildman–Crippen LogP) is 1.88. The molecule has 4 nitrogen and oxygen atoms in total. The van der Waals surface area contributed by atoms with Gasteiger partial charge in [0, 0.05) is 11.8 Å². The first-order valence-electron chi connectivity index (χ1n) is 4.29. The topological polar surface area (TPSA) is 47.6 Å². The Balaban J connectivity index is 2.88. The van der Waals surface area contributed by atoms with Crippen LogP contribution in [0.25, 0.3) is 0 Å². The average Bonchev–Trinajstić information content (AvgIpc) is 2.28. The summed E-state index contributed by atoms with van der Waals surface area (Å²) in [7, 11) is 3.08. The predicted molar refractivity (Wildman–Crippen MR) is 58.9 cm³/mol. The van der Waals surface area contributed by atoms with Crippen molar-refractivity contribution in [1.82, 2.24) is 0 Å². The van der Waals surface area contributed by atoms with Gasteiger partial charge in [0.1, 0.15) is 5.88 Å². The first kappa shape index (κ1) is 11.7. The third-order valence-corrected chi connectivity index (χ3v) is 2.03. The molecular weight excluding hydrogens is 218 g/mol. The summed E-state index contributed by atoms with van der Waals surface area (Å²) >= 11 is 5.37. The van der Waals surface area contributed by atoms with E-state index in [4.69, 9.17) is 21.1 Å². The normalized spacial score (nSPS) is 9.53. The molecule has 1 rings (SSSR count). The number of carbonyl (C=O) groups is 1. The standard InChI is InChI=1S/C10H12ClNO3/c1-14-8-4-3-7(5-9(8)15-2)12-10(13)6-11/h3-5H,6H2,1-2H3,(H,12,13). The van der Waals surface area contributed by atoms with E-state index in [1.54, 1.807) is 25.3 Å². The maximum atomic E-state index is 11.0. The molecule has 0 saturated heterocycles. The van der Waals surface area contributed by atoms with Crippen LogP contribution in [0.5, 0.6) is 11.5 Å². The number of ether oxygens (including phenoxy) is 2. The van der Waals surface area contributed by atoms with Gasteiger partial charge >= 0.3 is 0 Å². The lowest BCUT2D eigenvalue weighted by Gasteiger charge is -2.09. The van der Waals surface area contributed by atoms with Crippen molar-refractivity contribution in [2.45, 2.75) is 0 Å². The number of hydrogen-bond acceptors (Lipinski definition) is 3. The van der Waals surface area contributed by atoms with Crippen LogP contribution in [-0.2, 0) is 4.79 Å². The van der Waals surface area contributed by atoms with Gasteiger partial charge in [-0.05, 0) is 12.1 Å². The number of benzene rings is 1. The van der Waals surface area contributed by atoms with Crippen LogP contribution < -0.4 is 14.8 Å². The Kier molecular flexibility index (Phi) is 4.24. The fraction of sp³-hybridized carbons (Fsp3) is 0.300. The quantitative estimate of drug-likeness (QED) is 0.802. The molecular formula is C10H12ClNO3. The number of hydrogen-bond donors (Lipinski definition) is 1. The zero-order chi connectivity index (χ0) is 11.3. The Labute approximate surface area is 93.1 Å². The van der Waals surface area contributed by atoms with E-state index in [1.165, 1.54) is 7.11 Å². The molecule has 0 aliphatic heterocycles. The van der Waals surface area contributed by atoms with Crippen molar-refractivity contribution in [3.63, 3.8) is 0 Å². The van der Waals surface area contributed by atoms with Gasteiger partial charge < -0.3 is 14.8 Å². The Morgan fingerprint density at radius 1 is 1.33 bits per heavy atom. The van der Waals surface area contributed by atoms with Gasteiger partial charge in [0.15, 0.2) is 11.5 Å². The van der Waals surface area contributed by atoms with Crippen molar-refractivity contribution in [3.05, 3.63) is 18.2 Å². The summed E-state index contributed by atoms with van der Waals surface area (Å²) in [6, 6.07) is 5.10. The zero-order valence-corrected chi connectivity index (χ0v) is 9.30. The molecule has 0 heterocycles. The molecule has 0 bridgehead atoms. The SMILES string of the molecule is COc1ccc(NC(=O)CCl)cc1OC. The van der Waals surface area contributed by atoms with Crippen LogP contribution in [0.3, 0.4) is 0 Å². The Morgan fingerprint density at radius 3 is 2.53 bits per heavy atom. The molecule has 1 aromatic carbocycles. The number of carbonyl (C=O) groups excluding carboxylic acids is 1. The smallest absolute Gasteiger partial charge is 0.239 e. The Bertz CT molecular complexity index is 355. The maximum Gasteiger partial charge on any atom is 0.239 e. The van der Waals surface area contributed by atoms with Crippen molar-refractivity contribution >= 4 is 23.2 Å². The molecule has 0 spiro atoms. The monoisotopic (exact) mass is 229 g/mol. The van der Waals surface area contributed by atoms with E-state index in [-0.39, 0.29) is 11.8 Å². The van der Waals surface area contributed by atoms with Crippen LogP contribution in [0, 0.1) is 0 Å². The second-order valence-electron chi connectivity index (χ2n) is 2.75. The largest absolute Gasteiger partial charge is 0.493 e. The lowest BCUT2D eigenvalue weighted by atomic mass is 10.2. The molecule has 0 aliphatic carbocycles. The van der Waals surface area contributed by atoms with E-state index in [0.717, 1.165) is 0 Å². The van der Waals surface area contributed by atoms with Crippen LogP contribution >= 0.6 is 11.6 Å². The number of methoxy groups -OCH3 is 2. The minimum Gasteiger partial charge on any atom is -0.493 e. The Morgan fingerprint density at radius 2 is 2.00 bits per heavy atom. The molecule has 0 unspecified atom stereocenters. The summed E-state index contributed by atoms with van der Waals surface area (Å²) < 4.78 is 10.1. The van der Waals surface area contributed by atoms with Crippen molar-refractivity contribution < 1.29 is 14.3 Å². The second kappa shape index (κ2) is 5.46. The van der Waals surface area contributed by atoms with Gasteiger partial charge in [-0.3, -0.25) is 4.79 Å². The minimum atomic E-state index is -0.260. The number of amides is 1. The van der Waals surface area contributed by atoms with E-state index in [1.807, 2.05) is 0 Å². The van der Waals surface area contributed by atoms with Crippen LogP contribution in [-0.4, -0.2) is 26.0 Å². The molecule has 1 aromatic rings. The molecule has 0 aliphatic rings. The molecule has 82 valence electrons. The van der Waals surface area contributed by atoms with Crippen LogP contribution in [0.2, 0.25) is 0 Å². The van der Waals surface area contributed by atoms with Gasteiger partial charge in [-0.25, -0.2) is 0 Å². The molecule has 15 heavy (non-hydrogen) atoms. The third-order valence-electron chi connectivity index (χ3n) is 1.79. The Hall–Kier alpha value is -1.42. The molecule has 5 heteroatoms. The van der Waals surface area contributed by atoms with Crippen LogP contribution in [0.4, 0.5) is 5.69 Å². The van der Waals surface area contributed by atoms with Gasteiger partial charge in [-0.15, -0.1) is 11.6 Å². The summed E-state index contributed by atoms with van der Waals surface area (Å²) in [5, 5.41) is 2.61. The van der Waals surface area contributed by atoms with E-state index >= 15 is 0 Å². The van der Waals surface area contributed by atoms with Gasteiger partial charge in [0.05, 0.1) is 14.2 Å². The first-order valence-corrected chi connectivity index (χ1v) is 4.82. The molecule has 0 saturated carbocycles. The van der Waals surface area contributed by atoms with Crippen molar-refractivity contribution in [3.8, 4) is 11.5 Å². The molecule has 0 radical (unpaired) electrons. The van der Waals surface area contributed by atoms with E-state index in [0.29, 0.717) is 17.2 Å². The van der Waals surface area contributed by atoms with Crippen LogP contribution in [0.15, 0.2) is 18.2 Å². The van der Waals surface area contributed by atoms with E-state index < -0.39 is 0 Å². The van der Waals surface area contributed by atoms with E-state index in [9.17, 15) is 4.79 Å². The molecule has 0 aromatic heterocycles. The minimum absolute atomic E-state index is 0.0751. The summed E-state index contributed by atoms with van der Waals surface area (Å²) in [6.45, 7) is 0. The highest BCUT2D eigenvalue weighted by atomic mass is 35.5.